The third-order valence-corrected chi connectivity index (χ3v) is 5.33. The Morgan fingerprint density at radius 1 is 1.19 bits per heavy atom. The molecule has 2 aromatic rings. The van der Waals surface area contributed by atoms with Crippen molar-refractivity contribution < 1.29 is 18.0 Å². The van der Waals surface area contributed by atoms with Crippen LogP contribution in [0, 0.1) is 6.92 Å². The number of carbonyl (C=O) groups is 1. The number of nitrogens with one attached hydrogen (secondary N) is 3. The Morgan fingerprint density at radius 2 is 1.89 bits per heavy atom. The van der Waals surface area contributed by atoms with Crippen molar-refractivity contribution in [1.82, 2.24) is 10.6 Å². The number of alkyl halides is 3. The molecule has 0 saturated heterocycles. The summed E-state index contributed by atoms with van der Waals surface area (Å²) in [5.41, 5.74) is -0.392. The Kier molecular flexibility index (Phi) is 5.25. The molecular weight excluding hydrogens is 395 g/mol. The van der Waals surface area contributed by atoms with E-state index < -0.39 is 23.7 Å². The average molecular weight is 411 g/mol. The molecule has 1 aromatic carbocycles. The molecule has 0 spiro atoms. The molecule has 0 bridgehead atoms. The van der Waals surface area contributed by atoms with E-state index in [1.54, 1.807) is 6.92 Å². The van der Waals surface area contributed by atoms with E-state index in [0.717, 1.165) is 15.8 Å². The van der Waals surface area contributed by atoms with E-state index >= 15 is 0 Å². The number of allylic oxidation sites excluding steroid dienone is 1. The van der Waals surface area contributed by atoms with Crippen molar-refractivity contribution >= 4 is 40.3 Å². The summed E-state index contributed by atoms with van der Waals surface area (Å²) in [6.45, 7) is 3.61. The first-order valence-electron chi connectivity index (χ1n) is 7.99. The number of halogens is 3. The molecule has 0 fully saturated rings. The van der Waals surface area contributed by atoms with Crippen LogP contribution in [0.2, 0.25) is 0 Å². The minimum absolute atomic E-state index is 0.287. The second kappa shape index (κ2) is 7.32. The molecule has 142 valence electrons. The molecule has 0 saturated carbocycles. The molecule has 1 aliphatic heterocycles. The SMILES string of the molecule is CC1=C(C(=O)Nc2ccccc2C(F)(F)F)[C@H](c2ccc(C)s2)NC(=S)N1. The molecular formula is C18H16F3N3OS2. The molecule has 1 aromatic heterocycles. The third-order valence-electron chi connectivity index (χ3n) is 4.04. The molecule has 27 heavy (non-hydrogen) atoms. The van der Waals surface area contributed by atoms with Gasteiger partial charge in [-0.1, -0.05) is 12.1 Å². The van der Waals surface area contributed by atoms with Crippen LogP contribution < -0.4 is 16.0 Å². The zero-order valence-electron chi connectivity index (χ0n) is 14.4. The molecule has 2 heterocycles. The van der Waals surface area contributed by atoms with Crippen molar-refractivity contribution in [2.75, 3.05) is 5.32 Å². The first-order chi connectivity index (χ1) is 12.7. The van der Waals surface area contributed by atoms with Crippen molar-refractivity contribution in [3.8, 4) is 0 Å². The fourth-order valence-corrected chi connectivity index (χ4v) is 4.06. The van der Waals surface area contributed by atoms with Crippen molar-refractivity contribution in [2.45, 2.75) is 26.1 Å². The van der Waals surface area contributed by atoms with Gasteiger partial charge in [-0.05, 0) is 50.3 Å². The van der Waals surface area contributed by atoms with Gasteiger partial charge in [-0.3, -0.25) is 4.79 Å². The van der Waals surface area contributed by atoms with Crippen molar-refractivity contribution in [3.05, 3.63) is 63.0 Å². The summed E-state index contributed by atoms with van der Waals surface area (Å²) in [6, 6.07) is 8.14. The molecule has 1 atom stereocenters. The number of anilines is 1. The monoisotopic (exact) mass is 411 g/mol. The molecule has 3 N–H and O–H groups in total. The van der Waals surface area contributed by atoms with Gasteiger partial charge in [0.25, 0.3) is 5.91 Å². The maximum absolute atomic E-state index is 13.2. The summed E-state index contributed by atoms with van der Waals surface area (Å²) in [5, 5.41) is 8.66. The fraction of sp³-hybridized carbons (Fsp3) is 0.222. The van der Waals surface area contributed by atoms with Crippen LogP contribution in [0.3, 0.4) is 0 Å². The molecule has 9 heteroatoms. The largest absolute Gasteiger partial charge is 0.418 e. The second-order valence-electron chi connectivity index (χ2n) is 6.02. The number of carbonyl (C=O) groups excluding carboxylic acids is 1. The van der Waals surface area contributed by atoms with E-state index in [2.05, 4.69) is 16.0 Å². The van der Waals surface area contributed by atoms with Gasteiger partial charge in [-0.25, -0.2) is 0 Å². The van der Waals surface area contributed by atoms with E-state index in [9.17, 15) is 18.0 Å². The van der Waals surface area contributed by atoms with Crippen LogP contribution in [0.15, 0.2) is 47.7 Å². The highest BCUT2D eigenvalue weighted by molar-refractivity contribution is 7.80. The number of benzene rings is 1. The van der Waals surface area contributed by atoms with Crippen molar-refractivity contribution in [1.29, 1.82) is 0 Å². The average Bonchev–Trinajstić information content (AvgIpc) is 3.00. The van der Waals surface area contributed by atoms with Crippen LogP contribution >= 0.6 is 23.6 Å². The third kappa shape index (κ3) is 4.14. The summed E-state index contributed by atoms with van der Waals surface area (Å²) >= 11 is 6.66. The van der Waals surface area contributed by atoms with Crippen molar-refractivity contribution in [2.24, 2.45) is 0 Å². The standard InChI is InChI=1S/C18H16F3N3OS2/c1-9-7-8-13(27-9)15-14(10(2)22-17(26)24-15)16(25)23-12-6-4-3-5-11(12)18(19,20)21/h3-8,15H,1-2H3,(H,23,25)(H2,22,24,26)/t15-/m0/s1. The van der Waals surface area contributed by atoms with E-state index in [-0.39, 0.29) is 5.69 Å². The van der Waals surface area contributed by atoms with Gasteiger partial charge in [0.05, 0.1) is 22.9 Å². The number of hydrogen-bond acceptors (Lipinski definition) is 3. The van der Waals surface area contributed by atoms with Gasteiger partial charge in [-0.15, -0.1) is 11.3 Å². The normalized spacial score (nSPS) is 17.4. The molecule has 0 radical (unpaired) electrons. The lowest BCUT2D eigenvalue weighted by atomic mass is 10.0. The van der Waals surface area contributed by atoms with Gasteiger partial charge in [0.1, 0.15) is 0 Å². The van der Waals surface area contributed by atoms with E-state index in [1.165, 1.54) is 29.5 Å². The van der Waals surface area contributed by atoms with Crippen LogP contribution in [0.5, 0.6) is 0 Å². The highest BCUT2D eigenvalue weighted by Gasteiger charge is 2.35. The predicted molar refractivity (Wildman–Crippen MR) is 103 cm³/mol. The zero-order valence-corrected chi connectivity index (χ0v) is 16.0. The van der Waals surface area contributed by atoms with Crippen LogP contribution in [0.4, 0.5) is 18.9 Å². The van der Waals surface area contributed by atoms with Crippen LogP contribution in [-0.4, -0.2) is 11.0 Å². The van der Waals surface area contributed by atoms with Gasteiger partial charge in [0.2, 0.25) is 0 Å². The summed E-state index contributed by atoms with van der Waals surface area (Å²) in [6.07, 6.45) is -4.57. The Labute approximate surface area is 163 Å². The summed E-state index contributed by atoms with van der Waals surface area (Å²) in [5.74, 6) is -0.622. The molecule has 1 amide bonds. The van der Waals surface area contributed by atoms with Gasteiger partial charge < -0.3 is 16.0 Å². The van der Waals surface area contributed by atoms with Gasteiger partial charge in [0, 0.05) is 15.5 Å². The first-order valence-corrected chi connectivity index (χ1v) is 9.21. The van der Waals surface area contributed by atoms with Crippen molar-refractivity contribution in [3.63, 3.8) is 0 Å². The molecule has 0 aliphatic carbocycles. The van der Waals surface area contributed by atoms with E-state index in [0.29, 0.717) is 16.4 Å². The number of rotatable bonds is 3. The fourth-order valence-electron chi connectivity index (χ4n) is 2.85. The maximum atomic E-state index is 13.2. The van der Waals surface area contributed by atoms with Crippen LogP contribution in [0.1, 0.15) is 28.3 Å². The van der Waals surface area contributed by atoms with Gasteiger partial charge in [0.15, 0.2) is 5.11 Å². The Bertz CT molecular complexity index is 934. The Balaban J connectivity index is 1.97. The predicted octanol–water partition coefficient (Wildman–Crippen LogP) is 4.51. The number of para-hydroxylation sites is 1. The number of thiophene rings is 1. The van der Waals surface area contributed by atoms with Crippen LogP contribution in [0.25, 0.3) is 0 Å². The highest BCUT2D eigenvalue weighted by atomic mass is 32.1. The summed E-state index contributed by atoms with van der Waals surface area (Å²) in [7, 11) is 0. The second-order valence-corrected chi connectivity index (χ2v) is 7.74. The number of thiocarbonyl (C=S) groups is 1. The number of aryl methyl sites for hydroxylation is 1. The molecule has 1 aliphatic rings. The van der Waals surface area contributed by atoms with E-state index in [4.69, 9.17) is 12.2 Å². The highest BCUT2D eigenvalue weighted by Crippen LogP contribution is 2.36. The van der Waals surface area contributed by atoms with E-state index in [1.807, 2.05) is 19.1 Å². The lowest BCUT2D eigenvalue weighted by Gasteiger charge is -2.29. The van der Waals surface area contributed by atoms with Gasteiger partial charge in [-0.2, -0.15) is 13.2 Å². The zero-order chi connectivity index (χ0) is 19.8. The lowest BCUT2D eigenvalue weighted by molar-refractivity contribution is -0.137. The lowest BCUT2D eigenvalue weighted by Crippen LogP contribution is -2.45. The van der Waals surface area contributed by atoms with Crippen LogP contribution in [-0.2, 0) is 11.0 Å². The maximum Gasteiger partial charge on any atom is 0.418 e. The minimum Gasteiger partial charge on any atom is -0.350 e. The Morgan fingerprint density at radius 3 is 2.52 bits per heavy atom. The summed E-state index contributed by atoms with van der Waals surface area (Å²) in [4.78, 5) is 14.8. The topological polar surface area (TPSA) is 53.2 Å². The summed E-state index contributed by atoms with van der Waals surface area (Å²) < 4.78 is 39.6. The van der Waals surface area contributed by atoms with Gasteiger partial charge >= 0.3 is 6.18 Å². The smallest absolute Gasteiger partial charge is 0.350 e. The number of hydrogen-bond donors (Lipinski definition) is 3. The molecule has 3 rings (SSSR count). The Hall–Kier alpha value is -2.39. The molecule has 4 nitrogen and oxygen atoms in total. The quantitative estimate of drug-likeness (QED) is 0.651. The minimum atomic E-state index is -4.57. The number of amides is 1. The molecule has 0 unspecified atom stereocenters. The first kappa shape index (κ1) is 19.4.